The van der Waals surface area contributed by atoms with Gasteiger partial charge >= 0.3 is 0 Å². The number of nitrogens with zero attached hydrogens (tertiary/aromatic N) is 2. The first kappa shape index (κ1) is 14.0. The van der Waals surface area contributed by atoms with Gasteiger partial charge in [-0.3, -0.25) is 4.98 Å². The maximum atomic E-state index is 5.89. The Morgan fingerprint density at radius 3 is 2.81 bits per heavy atom. The van der Waals surface area contributed by atoms with E-state index in [1.54, 1.807) is 11.3 Å². The number of hydrogen-bond donors (Lipinski definition) is 1. The van der Waals surface area contributed by atoms with Gasteiger partial charge in [0, 0.05) is 12.1 Å². The molecule has 0 unspecified atom stereocenters. The molecule has 0 aliphatic heterocycles. The summed E-state index contributed by atoms with van der Waals surface area (Å²) in [6.45, 7) is 2.99. The van der Waals surface area contributed by atoms with Crippen molar-refractivity contribution in [3.8, 4) is 5.75 Å². The third kappa shape index (κ3) is 3.20. The molecule has 2 heterocycles. The van der Waals surface area contributed by atoms with Gasteiger partial charge in [-0.05, 0) is 37.7 Å². The van der Waals surface area contributed by atoms with Crippen molar-refractivity contribution >= 4 is 21.6 Å². The van der Waals surface area contributed by atoms with Crippen LogP contribution < -0.4 is 10.5 Å². The number of thiazole rings is 1. The molecule has 2 aromatic heterocycles. The van der Waals surface area contributed by atoms with Crippen molar-refractivity contribution in [2.24, 2.45) is 5.73 Å². The van der Waals surface area contributed by atoms with Crippen LogP contribution in [0.1, 0.15) is 16.4 Å². The van der Waals surface area contributed by atoms with Gasteiger partial charge in [-0.15, -0.1) is 11.3 Å². The highest BCUT2D eigenvalue weighted by molar-refractivity contribution is 7.18. The zero-order chi connectivity index (χ0) is 14.7. The molecule has 0 spiro atoms. The van der Waals surface area contributed by atoms with Gasteiger partial charge in [0.15, 0.2) is 0 Å². The topological polar surface area (TPSA) is 61.0 Å². The molecule has 1 aromatic carbocycles. The molecule has 0 bridgehead atoms. The molecule has 3 rings (SSSR count). The largest absolute Gasteiger partial charge is 0.485 e. The highest BCUT2D eigenvalue weighted by Crippen LogP contribution is 2.24. The Morgan fingerprint density at radius 1 is 1.14 bits per heavy atom. The van der Waals surface area contributed by atoms with Crippen LogP contribution in [0.5, 0.6) is 5.75 Å². The second-order valence-corrected chi connectivity index (χ2v) is 5.92. The SMILES string of the molecule is Cc1ccc(OCc2nc3ccccc3s2)c(CCN)n1. The van der Waals surface area contributed by atoms with Crippen LogP contribution in [-0.2, 0) is 13.0 Å². The van der Waals surface area contributed by atoms with Gasteiger partial charge in [-0.1, -0.05) is 12.1 Å². The summed E-state index contributed by atoms with van der Waals surface area (Å²) in [5.41, 5.74) is 8.54. The van der Waals surface area contributed by atoms with Gasteiger partial charge in [0.05, 0.1) is 15.9 Å². The number of nitrogens with two attached hydrogens (primary N) is 1. The number of para-hydroxylation sites is 1. The van der Waals surface area contributed by atoms with E-state index in [0.717, 1.165) is 34.1 Å². The van der Waals surface area contributed by atoms with Crippen molar-refractivity contribution in [3.05, 3.63) is 52.8 Å². The summed E-state index contributed by atoms with van der Waals surface area (Å²) in [5, 5.41) is 0.968. The Morgan fingerprint density at radius 2 is 2.00 bits per heavy atom. The summed E-state index contributed by atoms with van der Waals surface area (Å²) in [6.07, 6.45) is 0.719. The van der Waals surface area contributed by atoms with Crippen LogP contribution in [0.15, 0.2) is 36.4 Å². The van der Waals surface area contributed by atoms with E-state index >= 15 is 0 Å². The summed E-state index contributed by atoms with van der Waals surface area (Å²) >= 11 is 1.66. The van der Waals surface area contributed by atoms with Gasteiger partial charge in [0.1, 0.15) is 17.4 Å². The molecule has 2 N–H and O–H groups in total. The van der Waals surface area contributed by atoms with Crippen LogP contribution in [0.25, 0.3) is 10.2 Å². The van der Waals surface area contributed by atoms with E-state index in [-0.39, 0.29) is 0 Å². The van der Waals surface area contributed by atoms with Gasteiger partial charge in [-0.25, -0.2) is 4.98 Å². The lowest BCUT2D eigenvalue weighted by molar-refractivity contribution is 0.300. The first-order valence-corrected chi connectivity index (χ1v) is 7.72. The first-order valence-electron chi connectivity index (χ1n) is 6.90. The van der Waals surface area contributed by atoms with E-state index in [1.807, 2.05) is 37.3 Å². The van der Waals surface area contributed by atoms with Gasteiger partial charge in [-0.2, -0.15) is 0 Å². The third-order valence-electron chi connectivity index (χ3n) is 3.14. The normalized spacial score (nSPS) is 11.0. The predicted molar refractivity (Wildman–Crippen MR) is 85.7 cm³/mol. The van der Waals surface area contributed by atoms with Gasteiger partial charge in [0.2, 0.25) is 0 Å². The minimum atomic E-state index is 0.460. The Labute approximate surface area is 127 Å². The molecule has 0 amide bonds. The quantitative estimate of drug-likeness (QED) is 0.786. The van der Waals surface area contributed by atoms with Crippen molar-refractivity contribution in [2.45, 2.75) is 20.0 Å². The molecule has 0 aliphatic carbocycles. The number of aryl methyl sites for hydroxylation is 1. The molecular formula is C16H17N3OS. The highest BCUT2D eigenvalue weighted by Gasteiger charge is 2.08. The molecule has 3 aromatic rings. The minimum Gasteiger partial charge on any atom is -0.485 e. The number of aromatic nitrogens is 2. The van der Waals surface area contributed by atoms with E-state index < -0.39 is 0 Å². The zero-order valence-electron chi connectivity index (χ0n) is 11.9. The van der Waals surface area contributed by atoms with Crippen molar-refractivity contribution in [1.82, 2.24) is 9.97 Å². The second-order valence-electron chi connectivity index (χ2n) is 4.80. The summed E-state index contributed by atoms with van der Waals surface area (Å²) < 4.78 is 7.07. The number of ether oxygens (including phenoxy) is 1. The van der Waals surface area contributed by atoms with Gasteiger partial charge in [0.25, 0.3) is 0 Å². The molecule has 0 radical (unpaired) electrons. The minimum absolute atomic E-state index is 0.460. The Balaban J connectivity index is 1.77. The standard InChI is InChI=1S/C16H17N3OS/c1-11-6-7-14(12(18-11)8-9-17)20-10-16-19-13-4-2-3-5-15(13)21-16/h2-7H,8-10,17H2,1H3. The smallest absolute Gasteiger partial charge is 0.141 e. The van der Waals surface area contributed by atoms with Crippen LogP contribution in [0.3, 0.4) is 0 Å². The van der Waals surface area contributed by atoms with Crippen molar-refractivity contribution < 1.29 is 4.74 Å². The number of benzene rings is 1. The molecule has 0 aliphatic rings. The summed E-state index contributed by atoms with van der Waals surface area (Å²) in [6, 6.07) is 12.0. The fourth-order valence-electron chi connectivity index (χ4n) is 2.17. The lowest BCUT2D eigenvalue weighted by Crippen LogP contribution is -2.08. The maximum Gasteiger partial charge on any atom is 0.141 e. The molecule has 4 nitrogen and oxygen atoms in total. The van der Waals surface area contributed by atoms with E-state index in [2.05, 4.69) is 16.0 Å². The van der Waals surface area contributed by atoms with Crippen LogP contribution in [0.2, 0.25) is 0 Å². The number of pyridine rings is 1. The second kappa shape index (κ2) is 6.20. The number of hydrogen-bond acceptors (Lipinski definition) is 5. The number of fused-ring (bicyclic) bond motifs is 1. The summed E-state index contributed by atoms with van der Waals surface area (Å²) in [5.74, 6) is 0.797. The predicted octanol–water partition coefficient (Wildman–Crippen LogP) is 3.08. The molecule has 0 atom stereocenters. The molecule has 0 saturated heterocycles. The summed E-state index contributed by atoms with van der Waals surface area (Å²) in [7, 11) is 0. The first-order chi connectivity index (χ1) is 10.3. The van der Waals surface area contributed by atoms with Crippen LogP contribution in [-0.4, -0.2) is 16.5 Å². The molecule has 108 valence electrons. The van der Waals surface area contributed by atoms with Crippen LogP contribution in [0.4, 0.5) is 0 Å². The average Bonchev–Trinajstić information content (AvgIpc) is 2.89. The Kier molecular flexibility index (Phi) is 4.13. The molecule has 5 heteroatoms. The number of rotatable bonds is 5. The fraction of sp³-hybridized carbons (Fsp3) is 0.250. The van der Waals surface area contributed by atoms with E-state index in [0.29, 0.717) is 13.2 Å². The zero-order valence-corrected chi connectivity index (χ0v) is 12.7. The molecule has 21 heavy (non-hydrogen) atoms. The molecule has 0 fully saturated rings. The van der Waals surface area contributed by atoms with Crippen molar-refractivity contribution in [1.29, 1.82) is 0 Å². The van der Waals surface area contributed by atoms with E-state index in [4.69, 9.17) is 10.5 Å². The summed E-state index contributed by atoms with van der Waals surface area (Å²) in [4.78, 5) is 9.07. The van der Waals surface area contributed by atoms with Crippen LogP contribution >= 0.6 is 11.3 Å². The van der Waals surface area contributed by atoms with Crippen molar-refractivity contribution in [3.63, 3.8) is 0 Å². The van der Waals surface area contributed by atoms with Crippen molar-refractivity contribution in [2.75, 3.05) is 6.54 Å². The fourth-order valence-corrected chi connectivity index (χ4v) is 3.05. The highest BCUT2D eigenvalue weighted by atomic mass is 32.1. The lowest BCUT2D eigenvalue weighted by Gasteiger charge is -2.09. The molecular weight excluding hydrogens is 282 g/mol. The van der Waals surface area contributed by atoms with Gasteiger partial charge < -0.3 is 10.5 Å². The lowest BCUT2D eigenvalue weighted by atomic mass is 10.2. The maximum absolute atomic E-state index is 5.89. The van der Waals surface area contributed by atoms with E-state index in [9.17, 15) is 0 Å². The molecule has 0 saturated carbocycles. The average molecular weight is 299 g/mol. The van der Waals surface area contributed by atoms with E-state index in [1.165, 1.54) is 4.70 Å². The Hall–Kier alpha value is -1.98. The monoisotopic (exact) mass is 299 g/mol. The third-order valence-corrected chi connectivity index (χ3v) is 4.15. The van der Waals surface area contributed by atoms with Crippen LogP contribution in [0, 0.1) is 6.92 Å². The Bertz CT molecular complexity index is 721.